The van der Waals surface area contributed by atoms with Gasteiger partial charge in [0, 0.05) is 25.2 Å². The van der Waals surface area contributed by atoms with E-state index in [1.165, 1.54) is 11.8 Å². The first-order chi connectivity index (χ1) is 16.7. The Morgan fingerprint density at radius 1 is 1.00 bits per heavy atom. The summed E-state index contributed by atoms with van der Waals surface area (Å²) in [6.07, 6.45) is -2.19. The summed E-state index contributed by atoms with van der Waals surface area (Å²) in [5, 5.41) is 5.04. The summed E-state index contributed by atoms with van der Waals surface area (Å²) in [6, 6.07) is 16.6. The number of rotatable bonds is 5. The van der Waals surface area contributed by atoms with Gasteiger partial charge in [-0.05, 0) is 41.8 Å². The molecule has 0 bridgehead atoms. The number of amides is 3. The van der Waals surface area contributed by atoms with Gasteiger partial charge in [-0.15, -0.1) is 0 Å². The highest BCUT2D eigenvalue weighted by Gasteiger charge is 2.34. The molecule has 1 unspecified atom stereocenters. The van der Waals surface area contributed by atoms with Crippen LogP contribution in [0.3, 0.4) is 0 Å². The van der Waals surface area contributed by atoms with Crippen LogP contribution in [0.25, 0.3) is 11.1 Å². The third-order valence-corrected chi connectivity index (χ3v) is 5.70. The van der Waals surface area contributed by atoms with E-state index in [1.807, 2.05) is 36.4 Å². The molecule has 1 aliphatic heterocycles. The molecular formula is C26H23F2N3O4. The number of carbonyl (C=O) groups excluding carboxylic acids is 3. The molecule has 9 heteroatoms. The number of likely N-dealkylation sites (N-methyl/N-ethyl adjacent to an activating group) is 1. The molecule has 1 aliphatic rings. The van der Waals surface area contributed by atoms with Crippen LogP contribution in [0.5, 0.6) is 0 Å². The lowest BCUT2D eigenvalue weighted by Gasteiger charge is -2.24. The first-order valence-electron chi connectivity index (χ1n) is 10.9. The molecule has 0 fully saturated rings. The second-order valence-electron chi connectivity index (χ2n) is 8.12. The molecular weight excluding hydrogens is 456 g/mol. The predicted molar refractivity (Wildman–Crippen MR) is 125 cm³/mol. The van der Waals surface area contributed by atoms with Crippen molar-refractivity contribution in [2.75, 3.05) is 11.9 Å². The first-order valence-corrected chi connectivity index (χ1v) is 10.9. The molecule has 0 saturated carbocycles. The molecule has 0 aliphatic carbocycles. The fourth-order valence-electron chi connectivity index (χ4n) is 3.98. The first kappa shape index (κ1) is 23.9. The molecule has 35 heavy (non-hydrogen) atoms. The molecule has 2 atom stereocenters. The van der Waals surface area contributed by atoms with Crippen molar-refractivity contribution >= 4 is 23.6 Å². The maximum atomic E-state index is 13.3. The Hall–Kier alpha value is -4.27. The number of benzene rings is 3. The number of nitrogens with zero attached hydrogens (tertiary/aromatic N) is 1. The van der Waals surface area contributed by atoms with Gasteiger partial charge in [0.15, 0.2) is 6.10 Å². The van der Waals surface area contributed by atoms with E-state index >= 15 is 0 Å². The molecule has 4 rings (SSSR count). The maximum absolute atomic E-state index is 13.3. The summed E-state index contributed by atoms with van der Waals surface area (Å²) in [5.41, 5.74) is 3.18. The van der Waals surface area contributed by atoms with Crippen LogP contribution in [-0.4, -0.2) is 31.1 Å². The highest BCUT2D eigenvalue weighted by molar-refractivity contribution is 6.06. The van der Waals surface area contributed by atoms with Crippen LogP contribution in [0.1, 0.15) is 24.1 Å². The fraction of sp³-hybridized carbons (Fsp3) is 0.192. The van der Waals surface area contributed by atoms with Crippen LogP contribution in [0.4, 0.5) is 19.3 Å². The van der Waals surface area contributed by atoms with Gasteiger partial charge in [0.1, 0.15) is 17.7 Å². The van der Waals surface area contributed by atoms with Gasteiger partial charge in [0.25, 0.3) is 11.8 Å². The summed E-state index contributed by atoms with van der Waals surface area (Å²) >= 11 is 0. The van der Waals surface area contributed by atoms with E-state index in [0.29, 0.717) is 11.3 Å². The van der Waals surface area contributed by atoms with E-state index in [9.17, 15) is 23.2 Å². The molecule has 0 spiro atoms. The van der Waals surface area contributed by atoms with E-state index in [-0.39, 0.29) is 18.0 Å². The number of nitrogens with one attached hydrogen (secondary N) is 2. The largest absolute Gasteiger partial charge is 0.436 e. The van der Waals surface area contributed by atoms with Crippen molar-refractivity contribution < 1.29 is 27.9 Å². The lowest BCUT2D eigenvalue weighted by atomic mass is 9.95. The van der Waals surface area contributed by atoms with Crippen molar-refractivity contribution in [3.63, 3.8) is 0 Å². The topological polar surface area (TPSA) is 87.7 Å². The van der Waals surface area contributed by atoms with Crippen molar-refractivity contribution in [3.8, 4) is 11.1 Å². The Morgan fingerprint density at radius 3 is 2.34 bits per heavy atom. The Balaban J connectivity index is 1.46. The van der Waals surface area contributed by atoms with E-state index in [4.69, 9.17) is 4.74 Å². The van der Waals surface area contributed by atoms with E-state index < -0.39 is 35.8 Å². The molecule has 0 aromatic heterocycles. The minimum Gasteiger partial charge on any atom is -0.436 e. The Bertz CT molecular complexity index is 1280. The fourth-order valence-corrected chi connectivity index (χ4v) is 3.98. The summed E-state index contributed by atoms with van der Waals surface area (Å²) in [6.45, 7) is 1.17. The lowest BCUT2D eigenvalue weighted by Crippen LogP contribution is -2.45. The standard InChI is InChI=1S/C26H23F2N3O4/c1-15(35-26(34)29-14-16-11-17(27)13-18(28)12-16)24(32)30-23-21-9-4-3-7-19(21)20-8-5-6-10-22(20)31(2)25(23)33/h3-13,15,23H,14H2,1-2H3,(H,29,34)(H,30,32)/t15?,23-/m0/s1. The number of ether oxygens (including phenoxy) is 1. The summed E-state index contributed by atoms with van der Waals surface area (Å²) in [7, 11) is 1.63. The molecule has 7 nitrogen and oxygen atoms in total. The molecule has 1 heterocycles. The Labute approximate surface area is 200 Å². The van der Waals surface area contributed by atoms with Crippen molar-refractivity contribution in [2.24, 2.45) is 0 Å². The Morgan fingerprint density at radius 2 is 1.63 bits per heavy atom. The van der Waals surface area contributed by atoms with Gasteiger partial charge in [-0.3, -0.25) is 9.59 Å². The summed E-state index contributed by atoms with van der Waals surface area (Å²) in [4.78, 5) is 39.8. The smallest absolute Gasteiger partial charge is 0.408 e. The number of hydrogen-bond donors (Lipinski definition) is 2. The molecule has 3 amide bonds. The van der Waals surface area contributed by atoms with Crippen molar-refractivity contribution in [3.05, 3.63) is 89.5 Å². The zero-order valence-corrected chi connectivity index (χ0v) is 19.0. The van der Waals surface area contributed by atoms with Gasteiger partial charge in [-0.25, -0.2) is 13.6 Å². The lowest BCUT2D eigenvalue weighted by molar-refractivity contribution is -0.132. The zero-order valence-electron chi connectivity index (χ0n) is 19.0. The number of halogens is 2. The van der Waals surface area contributed by atoms with Gasteiger partial charge >= 0.3 is 6.09 Å². The predicted octanol–water partition coefficient (Wildman–Crippen LogP) is 4.08. The van der Waals surface area contributed by atoms with Crippen molar-refractivity contribution in [1.29, 1.82) is 0 Å². The normalized spacial score (nSPS) is 15.4. The van der Waals surface area contributed by atoms with Gasteiger partial charge < -0.3 is 20.3 Å². The number of para-hydroxylation sites is 1. The molecule has 2 N–H and O–H groups in total. The number of alkyl carbamates (subject to hydrolysis) is 1. The molecule has 3 aromatic rings. The third kappa shape index (κ3) is 5.13. The molecule has 0 saturated heterocycles. The van der Waals surface area contributed by atoms with E-state index in [0.717, 1.165) is 29.3 Å². The molecule has 0 radical (unpaired) electrons. The van der Waals surface area contributed by atoms with Crippen LogP contribution in [0.2, 0.25) is 0 Å². The second kappa shape index (κ2) is 9.92. The van der Waals surface area contributed by atoms with Gasteiger partial charge in [0.2, 0.25) is 0 Å². The van der Waals surface area contributed by atoms with Gasteiger partial charge in [-0.1, -0.05) is 42.5 Å². The SMILES string of the molecule is CC(OC(=O)NCc1cc(F)cc(F)c1)C(=O)N[C@@H]1C(=O)N(C)c2ccccc2-c2ccccc21. The minimum atomic E-state index is -1.24. The summed E-state index contributed by atoms with van der Waals surface area (Å²) < 4.78 is 31.7. The average Bonchev–Trinajstić information content (AvgIpc) is 2.92. The highest BCUT2D eigenvalue weighted by Crippen LogP contribution is 2.39. The van der Waals surface area contributed by atoms with Crippen LogP contribution in [0, 0.1) is 11.6 Å². The monoisotopic (exact) mass is 479 g/mol. The zero-order chi connectivity index (χ0) is 25.1. The van der Waals surface area contributed by atoms with Gasteiger partial charge in [-0.2, -0.15) is 0 Å². The number of anilines is 1. The number of hydrogen-bond acceptors (Lipinski definition) is 4. The minimum absolute atomic E-state index is 0.194. The third-order valence-electron chi connectivity index (χ3n) is 5.70. The maximum Gasteiger partial charge on any atom is 0.408 e. The highest BCUT2D eigenvalue weighted by atomic mass is 19.1. The van der Waals surface area contributed by atoms with Crippen LogP contribution in [0.15, 0.2) is 66.7 Å². The van der Waals surface area contributed by atoms with Crippen molar-refractivity contribution in [2.45, 2.75) is 25.6 Å². The number of carbonyl (C=O) groups is 3. The van der Waals surface area contributed by atoms with E-state index in [1.54, 1.807) is 19.2 Å². The summed E-state index contributed by atoms with van der Waals surface area (Å²) in [5.74, 6) is -2.57. The second-order valence-corrected chi connectivity index (χ2v) is 8.12. The molecule has 3 aromatic carbocycles. The Kier molecular flexibility index (Phi) is 6.77. The van der Waals surface area contributed by atoms with Crippen molar-refractivity contribution in [1.82, 2.24) is 10.6 Å². The van der Waals surface area contributed by atoms with Crippen LogP contribution in [-0.2, 0) is 20.9 Å². The molecule has 180 valence electrons. The van der Waals surface area contributed by atoms with Gasteiger partial charge in [0.05, 0.1) is 5.69 Å². The van der Waals surface area contributed by atoms with Crippen LogP contribution >= 0.6 is 0 Å². The quantitative estimate of drug-likeness (QED) is 0.577. The number of fused-ring (bicyclic) bond motifs is 3. The average molecular weight is 479 g/mol. The van der Waals surface area contributed by atoms with E-state index in [2.05, 4.69) is 10.6 Å². The van der Waals surface area contributed by atoms with Crippen LogP contribution < -0.4 is 15.5 Å².